The van der Waals surface area contributed by atoms with Gasteiger partial charge in [0.1, 0.15) is 0 Å². The lowest BCUT2D eigenvalue weighted by Gasteiger charge is -2.14. The minimum atomic E-state index is -5.20. The highest BCUT2D eigenvalue weighted by atomic mass is 32.2. The van der Waals surface area contributed by atoms with Gasteiger partial charge in [-0.05, 0) is 25.2 Å². The number of nitrogens with one attached hydrogen (secondary N) is 1. The Kier molecular flexibility index (Phi) is 3.10. The SMILES string of the molecule is CC1CCC(NS(=O)(=O)C(F)(F)F)C1. The maximum atomic E-state index is 11.9. The van der Waals surface area contributed by atoms with Crippen LogP contribution in [0.3, 0.4) is 0 Å². The molecule has 0 heterocycles. The first-order valence-electron chi connectivity index (χ1n) is 4.31. The zero-order chi connectivity index (χ0) is 11.0. The normalized spacial score (nSPS) is 29.4. The monoisotopic (exact) mass is 231 g/mol. The van der Waals surface area contributed by atoms with Gasteiger partial charge < -0.3 is 0 Å². The molecular formula is C7H12F3NO2S. The molecule has 0 saturated heterocycles. The van der Waals surface area contributed by atoms with E-state index in [-0.39, 0.29) is 5.92 Å². The van der Waals surface area contributed by atoms with Crippen LogP contribution >= 0.6 is 0 Å². The quantitative estimate of drug-likeness (QED) is 0.784. The van der Waals surface area contributed by atoms with Crippen molar-refractivity contribution in [3.05, 3.63) is 0 Å². The van der Waals surface area contributed by atoms with Crippen LogP contribution in [0.1, 0.15) is 26.2 Å². The molecular weight excluding hydrogens is 219 g/mol. The lowest BCUT2D eigenvalue weighted by atomic mass is 10.1. The topological polar surface area (TPSA) is 46.2 Å². The highest BCUT2D eigenvalue weighted by molar-refractivity contribution is 7.90. The van der Waals surface area contributed by atoms with Gasteiger partial charge >= 0.3 is 15.5 Å². The van der Waals surface area contributed by atoms with Gasteiger partial charge in [-0.1, -0.05) is 6.92 Å². The first-order chi connectivity index (χ1) is 6.22. The third kappa shape index (κ3) is 2.60. The number of hydrogen-bond donors (Lipinski definition) is 1. The molecule has 14 heavy (non-hydrogen) atoms. The van der Waals surface area contributed by atoms with Crippen molar-refractivity contribution in [3.8, 4) is 0 Å². The van der Waals surface area contributed by atoms with Crippen LogP contribution in [0, 0.1) is 5.92 Å². The minimum Gasteiger partial charge on any atom is -0.204 e. The Hall–Kier alpha value is -0.300. The van der Waals surface area contributed by atoms with E-state index in [0.29, 0.717) is 12.8 Å². The Bertz CT molecular complexity index is 299. The first kappa shape index (κ1) is 11.8. The van der Waals surface area contributed by atoms with E-state index in [1.54, 1.807) is 4.72 Å². The van der Waals surface area contributed by atoms with Crippen LogP contribution < -0.4 is 4.72 Å². The largest absolute Gasteiger partial charge is 0.511 e. The van der Waals surface area contributed by atoms with E-state index in [1.807, 2.05) is 6.92 Å². The first-order valence-corrected chi connectivity index (χ1v) is 5.79. The van der Waals surface area contributed by atoms with Crippen LogP contribution in [0.4, 0.5) is 13.2 Å². The predicted molar refractivity (Wildman–Crippen MR) is 44.9 cm³/mol. The van der Waals surface area contributed by atoms with Crippen molar-refractivity contribution >= 4 is 10.0 Å². The van der Waals surface area contributed by atoms with E-state index in [0.717, 1.165) is 6.42 Å². The molecule has 0 aromatic heterocycles. The molecule has 3 nitrogen and oxygen atoms in total. The molecule has 1 aliphatic rings. The molecule has 0 aliphatic heterocycles. The summed E-state index contributed by atoms with van der Waals surface area (Å²) < 4.78 is 58.8. The van der Waals surface area contributed by atoms with Crippen molar-refractivity contribution < 1.29 is 21.6 Å². The van der Waals surface area contributed by atoms with Crippen LogP contribution in [-0.4, -0.2) is 20.0 Å². The molecule has 1 aliphatic carbocycles. The molecule has 2 atom stereocenters. The molecule has 7 heteroatoms. The number of sulfonamides is 1. The van der Waals surface area contributed by atoms with Crippen LogP contribution in [0.5, 0.6) is 0 Å². The van der Waals surface area contributed by atoms with Crippen molar-refractivity contribution in [3.63, 3.8) is 0 Å². The van der Waals surface area contributed by atoms with Gasteiger partial charge in [0.25, 0.3) is 0 Å². The van der Waals surface area contributed by atoms with E-state index < -0.39 is 21.6 Å². The van der Waals surface area contributed by atoms with Gasteiger partial charge in [0.15, 0.2) is 0 Å². The Morgan fingerprint density at radius 1 is 1.29 bits per heavy atom. The van der Waals surface area contributed by atoms with Crippen LogP contribution in [-0.2, 0) is 10.0 Å². The van der Waals surface area contributed by atoms with Gasteiger partial charge in [0, 0.05) is 6.04 Å². The fraction of sp³-hybridized carbons (Fsp3) is 1.00. The van der Waals surface area contributed by atoms with E-state index in [1.165, 1.54) is 0 Å². The van der Waals surface area contributed by atoms with Crippen molar-refractivity contribution in [2.24, 2.45) is 5.92 Å². The van der Waals surface area contributed by atoms with E-state index in [4.69, 9.17) is 0 Å². The highest BCUT2D eigenvalue weighted by Gasteiger charge is 2.47. The molecule has 1 fully saturated rings. The Morgan fingerprint density at radius 3 is 2.21 bits per heavy atom. The molecule has 84 valence electrons. The van der Waals surface area contributed by atoms with Crippen molar-refractivity contribution in [2.75, 3.05) is 0 Å². The fourth-order valence-corrected chi connectivity index (χ4v) is 2.39. The number of rotatable bonds is 2. The van der Waals surface area contributed by atoms with Crippen molar-refractivity contribution in [1.29, 1.82) is 0 Å². The molecule has 0 spiro atoms. The molecule has 0 radical (unpaired) electrons. The summed E-state index contributed by atoms with van der Waals surface area (Å²) in [7, 11) is -5.15. The smallest absolute Gasteiger partial charge is 0.204 e. The maximum Gasteiger partial charge on any atom is 0.511 e. The fourth-order valence-electron chi connectivity index (χ4n) is 1.60. The second kappa shape index (κ2) is 3.69. The van der Waals surface area contributed by atoms with Gasteiger partial charge in [-0.15, -0.1) is 0 Å². The molecule has 0 aromatic carbocycles. The van der Waals surface area contributed by atoms with Gasteiger partial charge in [0.05, 0.1) is 0 Å². The Labute approximate surface area is 80.7 Å². The van der Waals surface area contributed by atoms with E-state index >= 15 is 0 Å². The summed E-state index contributed by atoms with van der Waals surface area (Å²) in [6.45, 7) is 1.89. The molecule has 1 rings (SSSR count). The van der Waals surface area contributed by atoms with Gasteiger partial charge in [0.2, 0.25) is 0 Å². The molecule has 0 aromatic rings. The summed E-state index contributed by atoms with van der Waals surface area (Å²) >= 11 is 0. The molecule has 0 amide bonds. The average Bonchev–Trinajstić information content (AvgIpc) is 2.31. The highest BCUT2D eigenvalue weighted by Crippen LogP contribution is 2.28. The van der Waals surface area contributed by atoms with E-state index in [9.17, 15) is 21.6 Å². The summed E-state index contributed by atoms with van der Waals surface area (Å²) in [5, 5.41) is 0. The van der Waals surface area contributed by atoms with Crippen LogP contribution in [0.25, 0.3) is 0 Å². The molecule has 2 unspecified atom stereocenters. The zero-order valence-electron chi connectivity index (χ0n) is 7.63. The third-order valence-electron chi connectivity index (χ3n) is 2.32. The summed E-state index contributed by atoms with van der Waals surface area (Å²) in [5.41, 5.74) is -5.20. The second-order valence-corrected chi connectivity index (χ2v) is 5.39. The Morgan fingerprint density at radius 2 is 1.86 bits per heavy atom. The minimum absolute atomic E-state index is 0.288. The zero-order valence-corrected chi connectivity index (χ0v) is 8.45. The summed E-state index contributed by atoms with van der Waals surface area (Å²) in [5.74, 6) is 0.288. The van der Waals surface area contributed by atoms with Gasteiger partial charge in [-0.25, -0.2) is 13.1 Å². The van der Waals surface area contributed by atoms with Gasteiger partial charge in [-0.3, -0.25) is 0 Å². The summed E-state index contributed by atoms with van der Waals surface area (Å²) in [4.78, 5) is 0. The number of halogens is 3. The third-order valence-corrected chi connectivity index (χ3v) is 3.57. The van der Waals surface area contributed by atoms with Crippen LogP contribution in [0.15, 0.2) is 0 Å². The molecule has 1 saturated carbocycles. The maximum absolute atomic E-state index is 11.9. The molecule has 1 N–H and O–H groups in total. The predicted octanol–water partition coefficient (Wildman–Crippen LogP) is 1.61. The lowest BCUT2D eigenvalue weighted by molar-refractivity contribution is -0.0450. The van der Waals surface area contributed by atoms with Gasteiger partial charge in [-0.2, -0.15) is 13.2 Å². The standard InChI is InChI=1S/C7H12F3NO2S/c1-5-2-3-6(4-5)11-14(12,13)7(8,9)10/h5-6,11H,2-4H2,1H3. The molecule has 0 bridgehead atoms. The van der Waals surface area contributed by atoms with E-state index in [2.05, 4.69) is 0 Å². The number of hydrogen-bond acceptors (Lipinski definition) is 2. The van der Waals surface area contributed by atoms with Crippen molar-refractivity contribution in [2.45, 2.75) is 37.7 Å². The summed E-state index contributed by atoms with van der Waals surface area (Å²) in [6.07, 6.45) is 1.73. The van der Waals surface area contributed by atoms with Crippen molar-refractivity contribution in [1.82, 2.24) is 4.72 Å². The van der Waals surface area contributed by atoms with Crippen LogP contribution in [0.2, 0.25) is 0 Å². The second-order valence-electron chi connectivity index (χ2n) is 3.68. The lowest BCUT2D eigenvalue weighted by Crippen LogP contribution is -2.41. The Balaban J connectivity index is 2.61. The average molecular weight is 231 g/mol. The summed E-state index contributed by atoms with van der Waals surface area (Å²) in [6, 6.07) is -0.559. The number of alkyl halides is 3.